The molecule has 0 saturated carbocycles. The minimum atomic E-state index is -0.0261. The SMILES string of the molecule is CN(C)[C@H](CNC(=O)Cc1ccc(Cl)c(Cl)c1)c1cccs1. The van der Waals surface area contributed by atoms with E-state index < -0.39 is 0 Å². The van der Waals surface area contributed by atoms with Crippen LogP contribution < -0.4 is 5.32 Å². The number of carbonyl (C=O) groups is 1. The number of benzene rings is 1. The largest absolute Gasteiger partial charge is 0.354 e. The van der Waals surface area contributed by atoms with Crippen LogP contribution in [0.5, 0.6) is 0 Å². The first kappa shape index (κ1) is 17.3. The molecule has 0 spiro atoms. The van der Waals surface area contributed by atoms with Gasteiger partial charge in [0.1, 0.15) is 0 Å². The van der Waals surface area contributed by atoms with Crippen LogP contribution in [0.4, 0.5) is 0 Å². The second-order valence-corrected chi connectivity index (χ2v) is 7.02. The fraction of sp³-hybridized carbons (Fsp3) is 0.312. The standard InChI is InChI=1S/C16H18Cl2N2OS/c1-20(2)14(15-4-3-7-22-15)10-19-16(21)9-11-5-6-12(17)13(18)8-11/h3-8,14H,9-10H2,1-2H3,(H,19,21)/t14-/m1/s1. The van der Waals surface area contributed by atoms with Crippen LogP contribution in [0, 0.1) is 0 Å². The maximum Gasteiger partial charge on any atom is 0.224 e. The van der Waals surface area contributed by atoms with Crippen LogP contribution in [0.2, 0.25) is 10.0 Å². The van der Waals surface area contributed by atoms with E-state index in [4.69, 9.17) is 23.2 Å². The van der Waals surface area contributed by atoms with Gasteiger partial charge in [0.05, 0.1) is 22.5 Å². The Morgan fingerprint density at radius 2 is 2.05 bits per heavy atom. The van der Waals surface area contributed by atoms with Crippen molar-refractivity contribution in [1.29, 1.82) is 0 Å². The zero-order valence-electron chi connectivity index (χ0n) is 12.5. The molecule has 0 unspecified atom stereocenters. The van der Waals surface area contributed by atoms with Gasteiger partial charge in [-0.2, -0.15) is 0 Å². The summed E-state index contributed by atoms with van der Waals surface area (Å²) in [4.78, 5) is 15.4. The first-order valence-corrected chi connectivity index (χ1v) is 8.51. The molecule has 1 aromatic carbocycles. The van der Waals surface area contributed by atoms with Crippen LogP contribution in [0.25, 0.3) is 0 Å². The lowest BCUT2D eigenvalue weighted by molar-refractivity contribution is -0.120. The van der Waals surface area contributed by atoms with Crippen LogP contribution in [0.3, 0.4) is 0 Å². The summed E-state index contributed by atoms with van der Waals surface area (Å²) < 4.78 is 0. The maximum absolute atomic E-state index is 12.1. The second kappa shape index (κ2) is 7.97. The zero-order valence-corrected chi connectivity index (χ0v) is 14.8. The van der Waals surface area contributed by atoms with Gasteiger partial charge >= 0.3 is 0 Å². The highest BCUT2D eigenvalue weighted by Gasteiger charge is 2.16. The molecule has 2 rings (SSSR count). The number of rotatable bonds is 6. The van der Waals surface area contributed by atoms with E-state index in [9.17, 15) is 4.79 Å². The quantitative estimate of drug-likeness (QED) is 0.847. The predicted molar refractivity (Wildman–Crippen MR) is 93.9 cm³/mol. The highest BCUT2D eigenvalue weighted by atomic mass is 35.5. The molecule has 1 atom stereocenters. The number of thiophene rings is 1. The Labute approximate surface area is 144 Å². The Kier molecular flexibility index (Phi) is 6.26. The minimum absolute atomic E-state index is 0.0261. The number of nitrogens with zero attached hydrogens (tertiary/aromatic N) is 1. The molecule has 0 aliphatic carbocycles. The van der Waals surface area contributed by atoms with E-state index in [0.717, 1.165) is 5.56 Å². The number of hydrogen-bond donors (Lipinski definition) is 1. The zero-order chi connectivity index (χ0) is 16.1. The lowest BCUT2D eigenvalue weighted by atomic mass is 10.1. The summed E-state index contributed by atoms with van der Waals surface area (Å²) in [5.74, 6) is -0.0261. The summed E-state index contributed by atoms with van der Waals surface area (Å²) in [5, 5.41) is 6.00. The Bertz CT molecular complexity index is 629. The van der Waals surface area contributed by atoms with Crippen molar-refractivity contribution >= 4 is 40.4 Å². The van der Waals surface area contributed by atoms with Gasteiger partial charge in [-0.15, -0.1) is 11.3 Å². The van der Waals surface area contributed by atoms with Crippen molar-refractivity contribution in [2.45, 2.75) is 12.5 Å². The van der Waals surface area contributed by atoms with E-state index >= 15 is 0 Å². The summed E-state index contributed by atoms with van der Waals surface area (Å²) in [5.41, 5.74) is 0.851. The van der Waals surface area contributed by atoms with Gasteiger partial charge in [-0.05, 0) is 43.2 Å². The van der Waals surface area contributed by atoms with Crippen LogP contribution >= 0.6 is 34.5 Å². The predicted octanol–water partition coefficient (Wildman–Crippen LogP) is 4.02. The monoisotopic (exact) mass is 356 g/mol. The van der Waals surface area contributed by atoms with Gasteiger partial charge in [0.2, 0.25) is 5.91 Å². The number of likely N-dealkylation sites (N-methyl/N-ethyl adjacent to an activating group) is 1. The van der Waals surface area contributed by atoms with E-state index in [1.165, 1.54) is 4.88 Å². The topological polar surface area (TPSA) is 32.3 Å². The highest BCUT2D eigenvalue weighted by Crippen LogP contribution is 2.23. The molecular formula is C16H18Cl2N2OS. The molecule has 22 heavy (non-hydrogen) atoms. The summed E-state index contributed by atoms with van der Waals surface area (Å²) in [6.07, 6.45) is 0.293. The van der Waals surface area contributed by atoms with Gasteiger partial charge in [0.25, 0.3) is 0 Å². The molecule has 1 N–H and O–H groups in total. The summed E-state index contributed by atoms with van der Waals surface area (Å²) in [6.45, 7) is 0.577. The first-order valence-electron chi connectivity index (χ1n) is 6.88. The third-order valence-corrected chi connectivity index (χ3v) is 5.05. The van der Waals surface area contributed by atoms with Crippen molar-refractivity contribution in [2.24, 2.45) is 0 Å². The van der Waals surface area contributed by atoms with Gasteiger partial charge in [-0.1, -0.05) is 35.3 Å². The smallest absolute Gasteiger partial charge is 0.224 e. The second-order valence-electron chi connectivity index (χ2n) is 5.22. The van der Waals surface area contributed by atoms with Crippen molar-refractivity contribution < 1.29 is 4.79 Å². The molecule has 118 valence electrons. The molecule has 1 heterocycles. The first-order chi connectivity index (χ1) is 10.5. The molecule has 2 aromatic rings. The fourth-order valence-corrected chi connectivity index (χ4v) is 3.37. The molecule has 3 nitrogen and oxygen atoms in total. The highest BCUT2D eigenvalue weighted by molar-refractivity contribution is 7.10. The van der Waals surface area contributed by atoms with E-state index in [1.54, 1.807) is 23.5 Å². The Balaban J connectivity index is 1.92. The lowest BCUT2D eigenvalue weighted by Gasteiger charge is -2.23. The molecule has 1 aromatic heterocycles. The summed E-state index contributed by atoms with van der Waals surface area (Å²) in [6, 6.07) is 9.54. The minimum Gasteiger partial charge on any atom is -0.354 e. The summed E-state index contributed by atoms with van der Waals surface area (Å²) >= 11 is 13.5. The van der Waals surface area contributed by atoms with E-state index in [2.05, 4.69) is 16.3 Å². The maximum atomic E-state index is 12.1. The van der Waals surface area contributed by atoms with Crippen molar-refractivity contribution in [1.82, 2.24) is 10.2 Å². The number of amides is 1. The third kappa shape index (κ3) is 4.71. The molecule has 1 amide bonds. The van der Waals surface area contributed by atoms with E-state index in [1.807, 2.05) is 31.6 Å². The van der Waals surface area contributed by atoms with Gasteiger partial charge < -0.3 is 10.2 Å². The summed E-state index contributed by atoms with van der Waals surface area (Å²) in [7, 11) is 4.02. The Morgan fingerprint density at radius 1 is 1.27 bits per heavy atom. The third-order valence-electron chi connectivity index (χ3n) is 3.34. The van der Waals surface area contributed by atoms with Crippen molar-refractivity contribution in [2.75, 3.05) is 20.6 Å². The number of nitrogens with one attached hydrogen (secondary N) is 1. The number of hydrogen-bond acceptors (Lipinski definition) is 3. The van der Waals surface area contributed by atoms with E-state index in [-0.39, 0.29) is 11.9 Å². The van der Waals surface area contributed by atoms with Crippen LogP contribution in [0.15, 0.2) is 35.7 Å². The van der Waals surface area contributed by atoms with Crippen LogP contribution in [-0.4, -0.2) is 31.4 Å². The van der Waals surface area contributed by atoms with Crippen molar-refractivity contribution in [3.8, 4) is 0 Å². The van der Waals surface area contributed by atoms with Gasteiger partial charge in [0, 0.05) is 11.4 Å². The molecule has 6 heteroatoms. The molecule has 0 aliphatic rings. The molecule has 0 fully saturated rings. The van der Waals surface area contributed by atoms with Gasteiger partial charge in [-0.3, -0.25) is 4.79 Å². The van der Waals surface area contributed by atoms with Gasteiger partial charge in [0.15, 0.2) is 0 Å². The molecule has 0 saturated heterocycles. The average Bonchev–Trinajstić information content (AvgIpc) is 2.97. The van der Waals surface area contributed by atoms with Crippen molar-refractivity contribution in [3.05, 3.63) is 56.2 Å². The number of carbonyl (C=O) groups excluding carboxylic acids is 1. The number of halogens is 2. The lowest BCUT2D eigenvalue weighted by Crippen LogP contribution is -2.34. The van der Waals surface area contributed by atoms with Gasteiger partial charge in [-0.25, -0.2) is 0 Å². The van der Waals surface area contributed by atoms with E-state index in [0.29, 0.717) is 23.0 Å². The Hall–Kier alpha value is -1.07. The van der Waals surface area contributed by atoms with Crippen LogP contribution in [0.1, 0.15) is 16.5 Å². The average molecular weight is 357 g/mol. The Morgan fingerprint density at radius 3 is 2.64 bits per heavy atom. The normalized spacial score (nSPS) is 12.4. The van der Waals surface area contributed by atoms with Crippen LogP contribution in [-0.2, 0) is 11.2 Å². The fourth-order valence-electron chi connectivity index (χ4n) is 2.13. The molecule has 0 radical (unpaired) electrons. The molecular weight excluding hydrogens is 339 g/mol. The molecule has 0 aliphatic heterocycles. The van der Waals surface area contributed by atoms with Crippen molar-refractivity contribution in [3.63, 3.8) is 0 Å². The molecule has 0 bridgehead atoms.